The van der Waals surface area contributed by atoms with Gasteiger partial charge in [0.15, 0.2) is 5.78 Å². The Balaban J connectivity index is 1.64. The van der Waals surface area contributed by atoms with E-state index in [4.69, 9.17) is 17.3 Å². The van der Waals surface area contributed by atoms with E-state index < -0.39 is 17.9 Å². The highest BCUT2D eigenvalue weighted by Gasteiger charge is 2.19. The van der Waals surface area contributed by atoms with E-state index >= 15 is 0 Å². The first kappa shape index (κ1) is 23.7. The van der Waals surface area contributed by atoms with Gasteiger partial charge in [0.05, 0.1) is 23.3 Å². The van der Waals surface area contributed by atoms with Crippen LogP contribution in [0.2, 0.25) is 5.02 Å². The van der Waals surface area contributed by atoms with E-state index in [0.29, 0.717) is 27.2 Å². The third-order valence-electron chi connectivity index (χ3n) is 4.68. The molecule has 0 aliphatic rings. The molecule has 6 nitrogen and oxygen atoms in total. The Hall–Kier alpha value is -3.00. The number of halogens is 2. The van der Waals surface area contributed by atoms with Crippen LogP contribution in [-0.2, 0) is 16.0 Å². The summed E-state index contributed by atoms with van der Waals surface area (Å²) in [6.07, 6.45) is 0.359. The molecule has 0 saturated carbocycles. The highest BCUT2D eigenvalue weighted by atomic mass is 79.9. The van der Waals surface area contributed by atoms with Gasteiger partial charge in [0.25, 0.3) is 0 Å². The molecule has 164 valence electrons. The second kappa shape index (κ2) is 11.0. The molecule has 0 heterocycles. The van der Waals surface area contributed by atoms with Crippen molar-refractivity contribution in [1.29, 1.82) is 0 Å². The molecule has 0 bridgehead atoms. The Morgan fingerprint density at radius 3 is 2.34 bits per heavy atom. The third kappa shape index (κ3) is 6.26. The van der Waals surface area contributed by atoms with E-state index in [2.05, 4.69) is 26.6 Å². The van der Waals surface area contributed by atoms with Crippen LogP contribution in [0, 0.1) is 0 Å². The molecule has 3 aromatic carbocycles. The maximum atomic E-state index is 13.0. The van der Waals surface area contributed by atoms with Crippen molar-refractivity contribution in [2.24, 2.45) is 5.73 Å². The number of anilines is 1. The van der Waals surface area contributed by atoms with E-state index in [1.807, 2.05) is 30.3 Å². The molecule has 2 amide bonds. The maximum Gasteiger partial charge on any atom is 0.243 e. The average Bonchev–Trinajstić information content (AvgIpc) is 2.79. The zero-order valence-electron chi connectivity index (χ0n) is 17.0. The first-order valence-corrected chi connectivity index (χ1v) is 11.0. The lowest BCUT2D eigenvalue weighted by atomic mass is 10.0. The van der Waals surface area contributed by atoms with Gasteiger partial charge in [-0.05, 0) is 42.3 Å². The molecule has 0 spiro atoms. The van der Waals surface area contributed by atoms with E-state index in [0.717, 1.165) is 5.56 Å². The number of benzene rings is 3. The van der Waals surface area contributed by atoms with Gasteiger partial charge in [0.2, 0.25) is 11.8 Å². The lowest BCUT2D eigenvalue weighted by molar-refractivity contribution is -0.125. The monoisotopic (exact) mass is 513 g/mol. The van der Waals surface area contributed by atoms with E-state index in [-0.39, 0.29) is 17.9 Å². The maximum absolute atomic E-state index is 13.0. The quantitative estimate of drug-likeness (QED) is 0.396. The summed E-state index contributed by atoms with van der Waals surface area (Å²) in [6.45, 7) is -0.281. The van der Waals surface area contributed by atoms with Crippen molar-refractivity contribution in [2.45, 2.75) is 12.5 Å². The van der Waals surface area contributed by atoms with Crippen LogP contribution in [0.4, 0.5) is 5.69 Å². The zero-order chi connectivity index (χ0) is 23.1. The summed E-state index contributed by atoms with van der Waals surface area (Å²) in [7, 11) is 0. The Morgan fingerprint density at radius 1 is 0.938 bits per heavy atom. The highest BCUT2D eigenvalue weighted by molar-refractivity contribution is 9.10. The van der Waals surface area contributed by atoms with Crippen molar-refractivity contribution in [1.82, 2.24) is 5.32 Å². The first-order valence-electron chi connectivity index (χ1n) is 9.81. The van der Waals surface area contributed by atoms with Gasteiger partial charge in [-0.1, -0.05) is 70.0 Å². The standard InChI is InChI=1S/C24H21BrClN3O3/c25-16-10-11-21(18(13-16)23(31)17-8-4-5-9-19(17)26)29-22(30)14-28-24(32)20(27)12-15-6-2-1-3-7-15/h1-11,13,20H,12,14,27H2,(H,28,32)(H,29,30)/t20-/m0/s1. The lowest BCUT2D eigenvalue weighted by Crippen LogP contribution is -2.44. The van der Waals surface area contributed by atoms with Crippen LogP contribution < -0.4 is 16.4 Å². The summed E-state index contributed by atoms with van der Waals surface area (Å²) in [5.74, 6) is -1.26. The van der Waals surface area contributed by atoms with Crippen molar-refractivity contribution in [3.05, 3.63) is 99.0 Å². The number of carbonyl (C=O) groups is 3. The molecular weight excluding hydrogens is 494 g/mol. The van der Waals surface area contributed by atoms with Crippen molar-refractivity contribution >= 4 is 50.8 Å². The van der Waals surface area contributed by atoms with Crippen LogP contribution in [0.3, 0.4) is 0 Å². The molecule has 1 atom stereocenters. The molecular formula is C24H21BrClN3O3. The van der Waals surface area contributed by atoms with Gasteiger partial charge in [-0.25, -0.2) is 0 Å². The van der Waals surface area contributed by atoms with Crippen LogP contribution in [0.15, 0.2) is 77.3 Å². The molecule has 0 aromatic heterocycles. The lowest BCUT2D eigenvalue weighted by Gasteiger charge is -2.14. The fourth-order valence-corrected chi connectivity index (χ4v) is 3.64. The Bertz CT molecular complexity index is 1140. The number of ketones is 1. The average molecular weight is 515 g/mol. The summed E-state index contributed by atoms with van der Waals surface area (Å²) < 4.78 is 0.672. The summed E-state index contributed by atoms with van der Waals surface area (Å²) in [5, 5.41) is 5.52. The molecule has 32 heavy (non-hydrogen) atoms. The summed E-state index contributed by atoms with van der Waals surface area (Å²) in [6, 6.07) is 20.2. The number of nitrogens with two attached hydrogens (primary N) is 1. The molecule has 0 aliphatic carbocycles. The number of hydrogen-bond donors (Lipinski definition) is 3. The highest BCUT2D eigenvalue weighted by Crippen LogP contribution is 2.26. The summed E-state index contributed by atoms with van der Waals surface area (Å²) in [4.78, 5) is 37.7. The van der Waals surface area contributed by atoms with Gasteiger partial charge in [0, 0.05) is 15.6 Å². The van der Waals surface area contributed by atoms with Crippen molar-refractivity contribution < 1.29 is 14.4 Å². The van der Waals surface area contributed by atoms with Crippen LogP contribution in [0.25, 0.3) is 0 Å². The first-order chi connectivity index (χ1) is 15.3. The topological polar surface area (TPSA) is 101 Å². The minimum atomic E-state index is -0.782. The van der Waals surface area contributed by atoms with Gasteiger partial charge >= 0.3 is 0 Å². The van der Waals surface area contributed by atoms with Gasteiger partial charge in [0.1, 0.15) is 0 Å². The number of amides is 2. The smallest absolute Gasteiger partial charge is 0.243 e. The Kier molecular flexibility index (Phi) is 8.16. The molecule has 0 aliphatic heterocycles. The molecule has 0 unspecified atom stereocenters. The largest absolute Gasteiger partial charge is 0.346 e. The molecule has 0 saturated heterocycles. The van der Waals surface area contributed by atoms with Crippen LogP contribution >= 0.6 is 27.5 Å². The number of rotatable bonds is 8. The third-order valence-corrected chi connectivity index (χ3v) is 5.50. The Morgan fingerprint density at radius 2 is 1.62 bits per heavy atom. The summed E-state index contributed by atoms with van der Waals surface area (Å²) in [5.41, 5.74) is 7.77. The van der Waals surface area contributed by atoms with Gasteiger partial charge < -0.3 is 16.4 Å². The van der Waals surface area contributed by atoms with Gasteiger partial charge in [-0.2, -0.15) is 0 Å². The summed E-state index contributed by atoms with van der Waals surface area (Å²) >= 11 is 9.51. The van der Waals surface area contributed by atoms with Gasteiger partial charge in [-0.15, -0.1) is 0 Å². The molecule has 3 rings (SSSR count). The normalized spacial score (nSPS) is 11.5. The van der Waals surface area contributed by atoms with E-state index in [9.17, 15) is 14.4 Å². The molecule has 4 N–H and O–H groups in total. The van der Waals surface area contributed by atoms with Crippen molar-refractivity contribution in [3.8, 4) is 0 Å². The molecule has 8 heteroatoms. The van der Waals surface area contributed by atoms with Crippen LogP contribution in [0.5, 0.6) is 0 Å². The fraction of sp³-hybridized carbons (Fsp3) is 0.125. The predicted octanol–water partition coefficient (Wildman–Crippen LogP) is 3.96. The van der Waals surface area contributed by atoms with Crippen LogP contribution in [0.1, 0.15) is 21.5 Å². The van der Waals surface area contributed by atoms with Gasteiger partial charge in [-0.3, -0.25) is 14.4 Å². The second-order valence-electron chi connectivity index (χ2n) is 7.06. The van der Waals surface area contributed by atoms with Crippen molar-refractivity contribution in [2.75, 3.05) is 11.9 Å². The molecule has 3 aromatic rings. The SMILES string of the molecule is N[C@@H](Cc1ccccc1)C(=O)NCC(=O)Nc1ccc(Br)cc1C(=O)c1ccccc1Cl. The fourth-order valence-electron chi connectivity index (χ4n) is 3.06. The minimum absolute atomic E-state index is 0.271. The Labute approximate surface area is 199 Å². The van der Waals surface area contributed by atoms with E-state index in [1.54, 1.807) is 42.5 Å². The van der Waals surface area contributed by atoms with Crippen LogP contribution in [-0.4, -0.2) is 30.2 Å². The van der Waals surface area contributed by atoms with Crippen molar-refractivity contribution in [3.63, 3.8) is 0 Å². The minimum Gasteiger partial charge on any atom is -0.346 e. The molecule has 0 fully saturated rings. The van der Waals surface area contributed by atoms with E-state index in [1.165, 1.54) is 0 Å². The predicted molar refractivity (Wildman–Crippen MR) is 129 cm³/mol. The number of hydrogen-bond acceptors (Lipinski definition) is 4. The molecule has 0 radical (unpaired) electrons. The second-order valence-corrected chi connectivity index (χ2v) is 8.38. The number of carbonyl (C=O) groups excluding carboxylic acids is 3. The zero-order valence-corrected chi connectivity index (χ0v) is 19.3. The number of nitrogens with one attached hydrogen (secondary N) is 2.